The average Bonchev–Trinajstić information content (AvgIpc) is 3.02. The molecule has 78 valence electrons. The van der Waals surface area contributed by atoms with Crippen molar-refractivity contribution in [1.29, 1.82) is 0 Å². The van der Waals surface area contributed by atoms with Crippen molar-refractivity contribution in [3.8, 4) is 5.88 Å². The molecule has 1 unspecified atom stereocenters. The standard InChI is InChI=1S/C9H11N5O/c1-3-7(10-5-1)9-11-13-14(12-9)8-4-2-6-15-8/h2,4,6-7,10H,1,3,5H2. The lowest BCUT2D eigenvalue weighted by atomic mass is 10.2. The molecule has 1 aliphatic rings. The molecule has 1 fully saturated rings. The Hall–Kier alpha value is -1.69. The minimum absolute atomic E-state index is 0.244. The van der Waals surface area contributed by atoms with Crippen LogP contribution in [0.15, 0.2) is 22.8 Å². The molecule has 0 amide bonds. The second-order valence-electron chi connectivity index (χ2n) is 3.54. The van der Waals surface area contributed by atoms with E-state index in [2.05, 4.69) is 20.7 Å². The Morgan fingerprint density at radius 1 is 1.53 bits per heavy atom. The van der Waals surface area contributed by atoms with Gasteiger partial charge in [-0.05, 0) is 30.7 Å². The number of furan rings is 1. The van der Waals surface area contributed by atoms with Gasteiger partial charge in [-0.25, -0.2) is 0 Å². The number of hydrogen-bond acceptors (Lipinski definition) is 5. The first-order valence-corrected chi connectivity index (χ1v) is 5.01. The monoisotopic (exact) mass is 205 g/mol. The van der Waals surface area contributed by atoms with E-state index in [1.54, 1.807) is 18.4 Å². The van der Waals surface area contributed by atoms with Crippen molar-refractivity contribution < 1.29 is 4.42 Å². The van der Waals surface area contributed by atoms with Gasteiger partial charge in [0.2, 0.25) is 5.88 Å². The lowest BCUT2D eigenvalue weighted by Gasteiger charge is -2.01. The molecule has 1 atom stereocenters. The fourth-order valence-electron chi connectivity index (χ4n) is 1.75. The van der Waals surface area contributed by atoms with E-state index in [4.69, 9.17) is 4.42 Å². The molecule has 3 rings (SSSR count). The molecule has 0 spiro atoms. The van der Waals surface area contributed by atoms with Crippen molar-refractivity contribution in [2.75, 3.05) is 6.54 Å². The van der Waals surface area contributed by atoms with E-state index in [0.29, 0.717) is 5.88 Å². The van der Waals surface area contributed by atoms with Gasteiger partial charge in [-0.2, -0.15) is 0 Å². The molecular weight excluding hydrogens is 194 g/mol. The van der Waals surface area contributed by atoms with Gasteiger partial charge in [0.15, 0.2) is 5.82 Å². The van der Waals surface area contributed by atoms with Gasteiger partial charge in [0.1, 0.15) is 0 Å². The summed E-state index contributed by atoms with van der Waals surface area (Å²) in [5, 5.41) is 15.6. The van der Waals surface area contributed by atoms with Gasteiger partial charge >= 0.3 is 0 Å². The fourth-order valence-corrected chi connectivity index (χ4v) is 1.75. The summed E-state index contributed by atoms with van der Waals surface area (Å²) in [7, 11) is 0. The summed E-state index contributed by atoms with van der Waals surface area (Å²) in [4.78, 5) is 1.41. The van der Waals surface area contributed by atoms with Gasteiger partial charge in [0.25, 0.3) is 0 Å². The number of rotatable bonds is 2. The Balaban J connectivity index is 1.87. The van der Waals surface area contributed by atoms with Gasteiger partial charge < -0.3 is 9.73 Å². The Labute approximate surface area is 86.3 Å². The average molecular weight is 205 g/mol. The minimum atomic E-state index is 0.244. The summed E-state index contributed by atoms with van der Waals surface area (Å²) >= 11 is 0. The van der Waals surface area contributed by atoms with Gasteiger partial charge in [-0.1, -0.05) is 4.80 Å². The molecule has 0 aromatic carbocycles. The summed E-state index contributed by atoms with van der Waals surface area (Å²) in [5.41, 5.74) is 0. The Morgan fingerprint density at radius 3 is 3.27 bits per heavy atom. The number of hydrogen-bond donors (Lipinski definition) is 1. The van der Waals surface area contributed by atoms with Gasteiger partial charge in [-0.3, -0.25) is 0 Å². The van der Waals surface area contributed by atoms with E-state index in [0.717, 1.165) is 18.8 Å². The van der Waals surface area contributed by atoms with Crippen LogP contribution in [0.2, 0.25) is 0 Å². The molecule has 1 saturated heterocycles. The van der Waals surface area contributed by atoms with E-state index in [1.807, 2.05) is 0 Å². The molecule has 0 radical (unpaired) electrons. The number of nitrogens with one attached hydrogen (secondary N) is 1. The lowest BCUT2D eigenvalue weighted by molar-refractivity contribution is 0.492. The molecule has 2 aromatic rings. The van der Waals surface area contributed by atoms with Crippen LogP contribution in [0.4, 0.5) is 0 Å². The number of nitrogens with zero attached hydrogens (tertiary/aromatic N) is 4. The van der Waals surface area contributed by atoms with Crippen LogP contribution in [-0.2, 0) is 0 Å². The predicted molar refractivity (Wildman–Crippen MR) is 51.4 cm³/mol. The number of tetrazole rings is 1. The zero-order valence-electron chi connectivity index (χ0n) is 8.13. The van der Waals surface area contributed by atoms with Crippen molar-refractivity contribution in [2.24, 2.45) is 0 Å². The molecule has 6 nitrogen and oxygen atoms in total. The van der Waals surface area contributed by atoms with E-state index in [9.17, 15) is 0 Å². The van der Waals surface area contributed by atoms with Crippen LogP contribution in [0.3, 0.4) is 0 Å². The van der Waals surface area contributed by atoms with Crippen molar-refractivity contribution in [3.05, 3.63) is 24.2 Å². The Morgan fingerprint density at radius 2 is 2.53 bits per heavy atom. The van der Waals surface area contributed by atoms with E-state index in [1.165, 1.54) is 11.2 Å². The molecule has 0 bridgehead atoms. The van der Waals surface area contributed by atoms with Crippen LogP contribution in [0, 0.1) is 0 Å². The molecule has 1 N–H and O–H groups in total. The lowest BCUT2D eigenvalue weighted by Crippen LogP contribution is -2.14. The Kier molecular flexibility index (Phi) is 1.99. The summed E-state index contributed by atoms with van der Waals surface area (Å²) in [6.45, 7) is 1.03. The number of aromatic nitrogens is 4. The van der Waals surface area contributed by atoms with Gasteiger partial charge in [0.05, 0.1) is 12.3 Å². The van der Waals surface area contributed by atoms with Crippen LogP contribution in [0.1, 0.15) is 24.7 Å². The van der Waals surface area contributed by atoms with E-state index < -0.39 is 0 Å². The maximum absolute atomic E-state index is 5.17. The van der Waals surface area contributed by atoms with Crippen LogP contribution in [0.5, 0.6) is 0 Å². The van der Waals surface area contributed by atoms with Crippen LogP contribution < -0.4 is 5.32 Å². The molecular formula is C9H11N5O. The summed E-state index contributed by atoms with van der Waals surface area (Å²) in [5.74, 6) is 1.33. The van der Waals surface area contributed by atoms with Crippen molar-refractivity contribution in [2.45, 2.75) is 18.9 Å². The normalized spacial score (nSPS) is 20.9. The highest BCUT2D eigenvalue weighted by Crippen LogP contribution is 2.19. The highest BCUT2D eigenvalue weighted by atomic mass is 16.3. The zero-order chi connectivity index (χ0) is 10.1. The molecule has 2 aromatic heterocycles. The molecule has 6 heteroatoms. The highest BCUT2D eigenvalue weighted by Gasteiger charge is 2.21. The molecule has 0 saturated carbocycles. The minimum Gasteiger partial charge on any atom is -0.445 e. The van der Waals surface area contributed by atoms with Crippen LogP contribution in [-0.4, -0.2) is 26.8 Å². The topological polar surface area (TPSA) is 68.8 Å². The quantitative estimate of drug-likeness (QED) is 0.780. The van der Waals surface area contributed by atoms with Crippen molar-refractivity contribution in [3.63, 3.8) is 0 Å². The maximum Gasteiger partial charge on any atom is 0.239 e. The third kappa shape index (κ3) is 1.52. The first-order chi connectivity index (χ1) is 7.43. The largest absolute Gasteiger partial charge is 0.445 e. The summed E-state index contributed by atoms with van der Waals surface area (Å²) < 4.78 is 5.17. The predicted octanol–water partition coefficient (Wildman–Crippen LogP) is 0.680. The van der Waals surface area contributed by atoms with Gasteiger partial charge in [0, 0.05) is 6.07 Å². The SMILES string of the molecule is c1coc(-n2nnc(C3CCCN3)n2)c1. The Bertz CT molecular complexity index is 429. The molecule has 3 heterocycles. The second-order valence-corrected chi connectivity index (χ2v) is 3.54. The first kappa shape index (κ1) is 8.60. The zero-order valence-corrected chi connectivity index (χ0v) is 8.13. The molecule has 1 aliphatic heterocycles. The van der Waals surface area contributed by atoms with Crippen molar-refractivity contribution in [1.82, 2.24) is 25.5 Å². The molecule has 15 heavy (non-hydrogen) atoms. The van der Waals surface area contributed by atoms with Crippen molar-refractivity contribution >= 4 is 0 Å². The summed E-state index contributed by atoms with van der Waals surface area (Å²) in [6.07, 6.45) is 3.83. The second kappa shape index (κ2) is 3.47. The van der Waals surface area contributed by atoms with E-state index >= 15 is 0 Å². The van der Waals surface area contributed by atoms with E-state index in [-0.39, 0.29) is 6.04 Å². The first-order valence-electron chi connectivity index (χ1n) is 5.01. The maximum atomic E-state index is 5.17. The van der Waals surface area contributed by atoms with Gasteiger partial charge in [-0.15, -0.1) is 10.2 Å². The third-order valence-corrected chi connectivity index (χ3v) is 2.50. The van der Waals surface area contributed by atoms with Crippen LogP contribution in [0.25, 0.3) is 5.88 Å². The fraction of sp³-hybridized carbons (Fsp3) is 0.444. The molecule has 0 aliphatic carbocycles. The third-order valence-electron chi connectivity index (χ3n) is 2.50. The smallest absolute Gasteiger partial charge is 0.239 e. The summed E-state index contributed by atoms with van der Waals surface area (Å²) in [6, 6.07) is 3.84. The highest BCUT2D eigenvalue weighted by molar-refractivity contribution is 5.13. The van der Waals surface area contributed by atoms with Crippen LogP contribution >= 0.6 is 0 Å².